The van der Waals surface area contributed by atoms with Gasteiger partial charge in [0.1, 0.15) is 0 Å². The first-order valence-corrected chi connectivity index (χ1v) is 6.56. The van der Waals surface area contributed by atoms with Crippen molar-refractivity contribution in [3.8, 4) is 0 Å². The predicted molar refractivity (Wildman–Crippen MR) is 68.4 cm³/mol. The summed E-state index contributed by atoms with van der Waals surface area (Å²) in [7, 11) is 4.09. The predicted octanol–water partition coefficient (Wildman–Crippen LogP) is 1.58. The molecule has 0 aliphatic carbocycles. The van der Waals surface area contributed by atoms with Gasteiger partial charge in [-0.15, -0.1) is 0 Å². The first-order valence-electron chi connectivity index (χ1n) is 5.51. The molecule has 0 radical (unpaired) electrons. The van der Waals surface area contributed by atoms with Gasteiger partial charge in [0.05, 0.1) is 0 Å². The standard InChI is InChI=1S/C11H24N2OS/c1-6-15-10(8-13(4)5)7-11(14)12-9(2)3/h9-10H,6-8H2,1-5H3,(H,12,14). The van der Waals surface area contributed by atoms with E-state index in [4.69, 9.17) is 0 Å². The van der Waals surface area contributed by atoms with E-state index < -0.39 is 0 Å². The molecule has 1 amide bonds. The van der Waals surface area contributed by atoms with Crippen molar-refractivity contribution in [1.82, 2.24) is 10.2 Å². The molecule has 0 aromatic heterocycles. The molecule has 0 heterocycles. The summed E-state index contributed by atoms with van der Waals surface area (Å²) in [5, 5.41) is 3.34. The fourth-order valence-corrected chi connectivity index (χ4v) is 2.55. The monoisotopic (exact) mass is 232 g/mol. The molecule has 0 saturated carbocycles. The van der Waals surface area contributed by atoms with E-state index >= 15 is 0 Å². The van der Waals surface area contributed by atoms with Crippen LogP contribution >= 0.6 is 11.8 Å². The van der Waals surface area contributed by atoms with Crippen LogP contribution in [0.2, 0.25) is 0 Å². The molecule has 0 aromatic carbocycles. The van der Waals surface area contributed by atoms with E-state index in [0.29, 0.717) is 11.7 Å². The Morgan fingerprint density at radius 2 is 2.00 bits per heavy atom. The Kier molecular flexibility index (Phi) is 7.88. The molecule has 0 aliphatic rings. The summed E-state index contributed by atoms with van der Waals surface area (Å²) in [5.41, 5.74) is 0. The lowest BCUT2D eigenvalue weighted by molar-refractivity contribution is -0.121. The molecule has 1 N–H and O–H groups in total. The summed E-state index contributed by atoms with van der Waals surface area (Å²) in [4.78, 5) is 13.7. The number of hydrogen-bond donors (Lipinski definition) is 1. The van der Waals surface area contributed by atoms with Crippen molar-refractivity contribution in [2.45, 2.75) is 38.5 Å². The number of nitrogens with zero attached hydrogens (tertiary/aromatic N) is 1. The topological polar surface area (TPSA) is 32.3 Å². The SMILES string of the molecule is CCSC(CC(=O)NC(C)C)CN(C)C. The van der Waals surface area contributed by atoms with Gasteiger partial charge in [-0.1, -0.05) is 6.92 Å². The van der Waals surface area contributed by atoms with Crippen molar-refractivity contribution in [2.75, 3.05) is 26.4 Å². The fourth-order valence-electron chi connectivity index (χ4n) is 1.41. The number of rotatable bonds is 7. The molecule has 0 aliphatic heterocycles. The molecule has 0 bridgehead atoms. The summed E-state index contributed by atoms with van der Waals surface area (Å²) < 4.78 is 0. The first-order chi connectivity index (χ1) is 6.95. The van der Waals surface area contributed by atoms with Gasteiger partial charge >= 0.3 is 0 Å². The molecule has 1 atom stereocenters. The minimum atomic E-state index is 0.165. The Labute approximate surface area is 98.0 Å². The van der Waals surface area contributed by atoms with Gasteiger partial charge in [0.25, 0.3) is 0 Å². The van der Waals surface area contributed by atoms with Crippen molar-refractivity contribution < 1.29 is 4.79 Å². The third kappa shape index (κ3) is 8.75. The zero-order chi connectivity index (χ0) is 11.8. The van der Waals surface area contributed by atoms with Crippen molar-refractivity contribution >= 4 is 17.7 Å². The lowest BCUT2D eigenvalue weighted by atomic mass is 10.2. The van der Waals surface area contributed by atoms with Crippen LogP contribution in [0.25, 0.3) is 0 Å². The van der Waals surface area contributed by atoms with Crippen LogP contribution in [0.1, 0.15) is 27.2 Å². The van der Waals surface area contributed by atoms with E-state index in [2.05, 4.69) is 17.1 Å². The molecule has 0 spiro atoms. The smallest absolute Gasteiger partial charge is 0.221 e. The maximum Gasteiger partial charge on any atom is 0.221 e. The minimum absolute atomic E-state index is 0.165. The van der Waals surface area contributed by atoms with Crippen LogP contribution < -0.4 is 5.32 Å². The number of hydrogen-bond acceptors (Lipinski definition) is 3. The third-order valence-corrected chi connectivity index (χ3v) is 2.95. The largest absolute Gasteiger partial charge is 0.354 e. The highest BCUT2D eigenvalue weighted by atomic mass is 32.2. The fraction of sp³-hybridized carbons (Fsp3) is 0.909. The van der Waals surface area contributed by atoms with Gasteiger partial charge in [-0.2, -0.15) is 11.8 Å². The number of thioether (sulfide) groups is 1. The number of carbonyl (C=O) groups is 1. The first kappa shape index (κ1) is 14.8. The van der Waals surface area contributed by atoms with Gasteiger partial charge in [-0.25, -0.2) is 0 Å². The minimum Gasteiger partial charge on any atom is -0.354 e. The van der Waals surface area contributed by atoms with E-state index in [-0.39, 0.29) is 11.9 Å². The number of nitrogens with one attached hydrogen (secondary N) is 1. The maximum atomic E-state index is 11.6. The highest BCUT2D eigenvalue weighted by Crippen LogP contribution is 2.15. The van der Waals surface area contributed by atoms with Gasteiger partial charge in [0, 0.05) is 24.3 Å². The third-order valence-electron chi connectivity index (χ3n) is 1.83. The van der Waals surface area contributed by atoms with Crippen molar-refractivity contribution in [2.24, 2.45) is 0 Å². The molecule has 0 saturated heterocycles. The molecule has 4 heteroatoms. The summed E-state index contributed by atoms with van der Waals surface area (Å²) in [6.07, 6.45) is 0.620. The summed E-state index contributed by atoms with van der Waals surface area (Å²) in [6, 6.07) is 0.240. The number of amides is 1. The van der Waals surface area contributed by atoms with Crippen LogP contribution in [0.5, 0.6) is 0 Å². The van der Waals surface area contributed by atoms with Crippen molar-refractivity contribution in [3.05, 3.63) is 0 Å². The summed E-state index contributed by atoms with van der Waals surface area (Å²) >= 11 is 1.86. The Bertz CT molecular complexity index is 183. The molecule has 0 rings (SSSR count). The van der Waals surface area contributed by atoms with Gasteiger partial charge in [0.2, 0.25) is 5.91 Å². The molecular formula is C11H24N2OS. The Hall–Kier alpha value is -0.220. The van der Waals surface area contributed by atoms with E-state index in [9.17, 15) is 4.79 Å². The average molecular weight is 232 g/mol. The van der Waals surface area contributed by atoms with Gasteiger partial charge < -0.3 is 10.2 Å². The molecule has 3 nitrogen and oxygen atoms in total. The molecule has 0 fully saturated rings. The van der Waals surface area contributed by atoms with E-state index in [1.54, 1.807) is 0 Å². The highest BCUT2D eigenvalue weighted by molar-refractivity contribution is 7.99. The lowest BCUT2D eigenvalue weighted by Crippen LogP contribution is -2.35. The Morgan fingerprint density at radius 3 is 2.40 bits per heavy atom. The Balaban J connectivity index is 3.97. The molecule has 90 valence electrons. The van der Waals surface area contributed by atoms with Gasteiger partial charge in [-0.05, 0) is 33.7 Å². The molecule has 15 heavy (non-hydrogen) atoms. The normalized spacial score (nSPS) is 13.3. The quantitative estimate of drug-likeness (QED) is 0.723. The highest BCUT2D eigenvalue weighted by Gasteiger charge is 2.14. The van der Waals surface area contributed by atoms with Crippen molar-refractivity contribution in [1.29, 1.82) is 0 Å². The van der Waals surface area contributed by atoms with E-state index in [0.717, 1.165) is 12.3 Å². The van der Waals surface area contributed by atoms with Crippen LogP contribution in [-0.2, 0) is 4.79 Å². The van der Waals surface area contributed by atoms with Crippen LogP contribution in [-0.4, -0.2) is 48.5 Å². The van der Waals surface area contributed by atoms with Crippen LogP contribution in [0.3, 0.4) is 0 Å². The zero-order valence-electron chi connectivity index (χ0n) is 10.5. The van der Waals surface area contributed by atoms with Crippen LogP contribution in [0.4, 0.5) is 0 Å². The van der Waals surface area contributed by atoms with Gasteiger partial charge in [0.15, 0.2) is 0 Å². The summed E-state index contributed by atoms with van der Waals surface area (Å²) in [5.74, 6) is 1.23. The van der Waals surface area contributed by atoms with E-state index in [1.165, 1.54) is 0 Å². The maximum absolute atomic E-state index is 11.6. The van der Waals surface area contributed by atoms with Crippen LogP contribution in [0.15, 0.2) is 0 Å². The average Bonchev–Trinajstić information content (AvgIpc) is 2.00. The zero-order valence-corrected chi connectivity index (χ0v) is 11.4. The lowest BCUT2D eigenvalue weighted by Gasteiger charge is -2.20. The summed E-state index contributed by atoms with van der Waals surface area (Å²) in [6.45, 7) is 7.08. The van der Waals surface area contributed by atoms with Gasteiger partial charge in [-0.3, -0.25) is 4.79 Å². The second kappa shape index (κ2) is 7.99. The number of carbonyl (C=O) groups excluding carboxylic acids is 1. The second-order valence-corrected chi connectivity index (χ2v) is 5.84. The van der Waals surface area contributed by atoms with E-state index in [1.807, 2.05) is 39.7 Å². The Morgan fingerprint density at radius 1 is 1.40 bits per heavy atom. The second-order valence-electron chi connectivity index (χ2n) is 4.27. The molecule has 0 aromatic rings. The molecule has 1 unspecified atom stereocenters. The van der Waals surface area contributed by atoms with Crippen molar-refractivity contribution in [3.63, 3.8) is 0 Å². The van der Waals surface area contributed by atoms with Crippen LogP contribution in [0, 0.1) is 0 Å². The molecular weight excluding hydrogens is 208 g/mol.